The molecule has 0 aromatic carbocycles. The maximum atomic E-state index is 11.0. The van der Waals surface area contributed by atoms with E-state index in [0.717, 1.165) is 24.5 Å². The number of fused-ring (bicyclic) bond motifs is 1. The molecule has 2 rings (SSSR count). The minimum absolute atomic E-state index is 0.291. The first-order valence-corrected chi connectivity index (χ1v) is 6.32. The van der Waals surface area contributed by atoms with E-state index in [2.05, 4.69) is 23.9 Å². The van der Waals surface area contributed by atoms with Crippen molar-refractivity contribution in [1.29, 1.82) is 0 Å². The highest BCUT2D eigenvalue weighted by molar-refractivity contribution is 5.70. The number of aryl methyl sites for hydroxylation is 1. The molecular formula is C12H19N3O2. The molecule has 17 heavy (non-hydrogen) atoms. The van der Waals surface area contributed by atoms with Crippen molar-refractivity contribution in [3.05, 3.63) is 11.6 Å². The van der Waals surface area contributed by atoms with Gasteiger partial charge in [-0.25, -0.2) is 9.67 Å². The van der Waals surface area contributed by atoms with Crippen molar-refractivity contribution in [3.63, 3.8) is 0 Å². The molecule has 1 N–H and O–H groups in total. The molecule has 5 nitrogen and oxygen atoms in total. The van der Waals surface area contributed by atoms with Crippen LogP contribution < -0.4 is 0 Å². The van der Waals surface area contributed by atoms with Gasteiger partial charge < -0.3 is 5.11 Å². The minimum atomic E-state index is -0.719. The van der Waals surface area contributed by atoms with Crippen LogP contribution in [0.5, 0.6) is 0 Å². The summed E-state index contributed by atoms with van der Waals surface area (Å²) >= 11 is 0. The number of hydrogen-bond donors (Lipinski definition) is 1. The summed E-state index contributed by atoms with van der Waals surface area (Å²) in [6, 6.07) is 0. The van der Waals surface area contributed by atoms with Gasteiger partial charge in [0.05, 0.1) is 5.92 Å². The smallest absolute Gasteiger partial charge is 0.307 e. The molecule has 0 saturated carbocycles. The molecule has 94 valence electrons. The number of carbonyl (C=O) groups is 1. The SMILES string of the molecule is CCC(CC)c1nc2n(n1)CCC(C(=O)O)C2. The van der Waals surface area contributed by atoms with Crippen LogP contribution in [0.25, 0.3) is 0 Å². The Morgan fingerprint density at radius 1 is 1.53 bits per heavy atom. The fourth-order valence-electron chi connectivity index (χ4n) is 2.36. The Bertz CT molecular complexity index is 410. The zero-order valence-electron chi connectivity index (χ0n) is 10.4. The maximum absolute atomic E-state index is 11.0. The van der Waals surface area contributed by atoms with E-state index in [9.17, 15) is 4.79 Å². The molecule has 1 aliphatic rings. The summed E-state index contributed by atoms with van der Waals surface area (Å²) < 4.78 is 1.88. The fraction of sp³-hybridized carbons (Fsp3) is 0.750. The van der Waals surface area contributed by atoms with Gasteiger partial charge >= 0.3 is 5.97 Å². The quantitative estimate of drug-likeness (QED) is 0.867. The van der Waals surface area contributed by atoms with Gasteiger partial charge in [-0.2, -0.15) is 5.10 Å². The molecule has 1 aliphatic heterocycles. The average molecular weight is 237 g/mol. The highest BCUT2D eigenvalue weighted by Crippen LogP contribution is 2.24. The Morgan fingerprint density at radius 3 is 2.82 bits per heavy atom. The van der Waals surface area contributed by atoms with Gasteiger partial charge in [-0.1, -0.05) is 13.8 Å². The number of nitrogens with zero attached hydrogens (tertiary/aromatic N) is 3. The summed E-state index contributed by atoms with van der Waals surface area (Å²) in [4.78, 5) is 15.5. The number of carboxylic acid groups (broad SMARTS) is 1. The van der Waals surface area contributed by atoms with Crippen LogP contribution in [-0.2, 0) is 17.8 Å². The average Bonchev–Trinajstić information content (AvgIpc) is 2.72. The van der Waals surface area contributed by atoms with Gasteiger partial charge in [0.2, 0.25) is 0 Å². The summed E-state index contributed by atoms with van der Waals surface area (Å²) in [5.41, 5.74) is 0. The maximum Gasteiger partial charge on any atom is 0.307 e. The largest absolute Gasteiger partial charge is 0.481 e. The molecule has 1 atom stereocenters. The third-order valence-electron chi connectivity index (χ3n) is 3.58. The molecule has 1 aromatic heterocycles. The third kappa shape index (κ3) is 2.33. The molecule has 0 bridgehead atoms. The molecule has 0 saturated heterocycles. The lowest BCUT2D eigenvalue weighted by Gasteiger charge is -2.17. The van der Waals surface area contributed by atoms with Gasteiger partial charge in [-0.05, 0) is 19.3 Å². The van der Waals surface area contributed by atoms with E-state index in [1.807, 2.05) is 4.68 Å². The lowest BCUT2D eigenvalue weighted by Crippen LogP contribution is -2.26. The van der Waals surface area contributed by atoms with Crippen molar-refractivity contribution in [2.75, 3.05) is 0 Å². The molecular weight excluding hydrogens is 218 g/mol. The van der Waals surface area contributed by atoms with Gasteiger partial charge in [-0.15, -0.1) is 0 Å². The monoisotopic (exact) mass is 237 g/mol. The molecule has 0 amide bonds. The molecule has 0 aliphatic carbocycles. The Morgan fingerprint density at radius 2 is 2.24 bits per heavy atom. The van der Waals surface area contributed by atoms with E-state index >= 15 is 0 Å². The second kappa shape index (κ2) is 4.85. The van der Waals surface area contributed by atoms with Gasteiger partial charge in [-0.3, -0.25) is 4.79 Å². The number of aliphatic carboxylic acids is 1. The molecule has 1 unspecified atom stereocenters. The first-order chi connectivity index (χ1) is 8.15. The summed E-state index contributed by atoms with van der Waals surface area (Å²) in [6.07, 6.45) is 3.24. The normalized spacial score (nSPS) is 19.4. The van der Waals surface area contributed by atoms with Crippen LogP contribution in [0.2, 0.25) is 0 Å². The zero-order chi connectivity index (χ0) is 12.4. The van der Waals surface area contributed by atoms with E-state index in [-0.39, 0.29) is 5.92 Å². The predicted octanol–water partition coefficient (Wildman–Crippen LogP) is 1.83. The Balaban J connectivity index is 2.19. The predicted molar refractivity (Wildman–Crippen MR) is 62.8 cm³/mol. The van der Waals surface area contributed by atoms with Crippen molar-refractivity contribution in [2.45, 2.75) is 52.0 Å². The molecule has 2 heterocycles. The zero-order valence-corrected chi connectivity index (χ0v) is 10.4. The second-order valence-electron chi connectivity index (χ2n) is 4.65. The number of hydrogen-bond acceptors (Lipinski definition) is 3. The van der Waals surface area contributed by atoms with E-state index < -0.39 is 5.97 Å². The Labute approximate surface area is 101 Å². The van der Waals surface area contributed by atoms with Crippen LogP contribution in [0.1, 0.15) is 50.7 Å². The van der Waals surface area contributed by atoms with Crippen LogP contribution in [-0.4, -0.2) is 25.8 Å². The first-order valence-electron chi connectivity index (χ1n) is 6.32. The van der Waals surface area contributed by atoms with E-state index in [1.54, 1.807) is 0 Å². The topological polar surface area (TPSA) is 68.0 Å². The van der Waals surface area contributed by atoms with E-state index in [1.165, 1.54) is 0 Å². The summed E-state index contributed by atoms with van der Waals surface area (Å²) in [7, 11) is 0. The fourth-order valence-corrected chi connectivity index (χ4v) is 2.36. The highest BCUT2D eigenvalue weighted by Gasteiger charge is 2.27. The van der Waals surface area contributed by atoms with E-state index in [4.69, 9.17) is 5.11 Å². The lowest BCUT2D eigenvalue weighted by atomic mass is 9.98. The third-order valence-corrected chi connectivity index (χ3v) is 3.58. The molecule has 0 spiro atoms. The summed E-state index contributed by atoms with van der Waals surface area (Å²) in [5, 5.41) is 13.5. The van der Waals surface area contributed by atoms with Crippen molar-refractivity contribution < 1.29 is 9.90 Å². The van der Waals surface area contributed by atoms with Crippen molar-refractivity contribution in [2.24, 2.45) is 5.92 Å². The van der Waals surface area contributed by atoms with Crippen molar-refractivity contribution >= 4 is 5.97 Å². The molecule has 0 fully saturated rings. The number of carboxylic acids is 1. The van der Waals surface area contributed by atoms with Gasteiger partial charge in [0.25, 0.3) is 0 Å². The molecule has 0 radical (unpaired) electrons. The molecule has 5 heteroatoms. The minimum Gasteiger partial charge on any atom is -0.481 e. The second-order valence-corrected chi connectivity index (χ2v) is 4.65. The van der Waals surface area contributed by atoms with Crippen molar-refractivity contribution in [3.8, 4) is 0 Å². The lowest BCUT2D eigenvalue weighted by molar-refractivity contribution is -0.142. The number of rotatable bonds is 4. The van der Waals surface area contributed by atoms with Crippen LogP contribution in [0, 0.1) is 5.92 Å². The number of aromatic nitrogens is 3. The standard InChI is InChI=1S/C12H19N3O2/c1-3-8(4-2)11-13-10-7-9(12(16)17)5-6-15(10)14-11/h8-9H,3-7H2,1-2H3,(H,16,17). The summed E-state index contributed by atoms with van der Waals surface area (Å²) in [5.74, 6) is 1.11. The van der Waals surface area contributed by atoms with Crippen LogP contribution >= 0.6 is 0 Å². The van der Waals surface area contributed by atoms with Crippen LogP contribution in [0.3, 0.4) is 0 Å². The Kier molecular flexibility index (Phi) is 3.45. The highest BCUT2D eigenvalue weighted by atomic mass is 16.4. The van der Waals surface area contributed by atoms with Crippen molar-refractivity contribution in [1.82, 2.24) is 14.8 Å². The molecule has 1 aromatic rings. The van der Waals surface area contributed by atoms with E-state index in [0.29, 0.717) is 25.3 Å². The van der Waals surface area contributed by atoms with Gasteiger partial charge in [0.1, 0.15) is 5.82 Å². The first kappa shape index (κ1) is 12.1. The van der Waals surface area contributed by atoms with Crippen LogP contribution in [0.15, 0.2) is 0 Å². The van der Waals surface area contributed by atoms with Crippen LogP contribution in [0.4, 0.5) is 0 Å². The Hall–Kier alpha value is -1.39. The van der Waals surface area contributed by atoms with Gasteiger partial charge in [0, 0.05) is 18.9 Å². The van der Waals surface area contributed by atoms with Gasteiger partial charge in [0.15, 0.2) is 5.82 Å². The summed E-state index contributed by atoms with van der Waals surface area (Å²) in [6.45, 7) is 4.95.